The molecule has 0 aromatic rings. The quantitative estimate of drug-likeness (QED) is 0.811. The minimum atomic E-state index is 0.155. The zero-order valence-corrected chi connectivity index (χ0v) is 14.9. The maximum Gasteiger partial charge on any atom is 0.317 e. The first-order valence-electron chi connectivity index (χ1n) is 10.2. The molecule has 0 aromatic heterocycles. The third-order valence-corrected chi connectivity index (χ3v) is 6.37. The summed E-state index contributed by atoms with van der Waals surface area (Å²) in [5, 5.41) is 3.26. The van der Waals surface area contributed by atoms with E-state index in [0.29, 0.717) is 12.0 Å². The molecule has 5 heteroatoms. The molecule has 24 heavy (non-hydrogen) atoms. The van der Waals surface area contributed by atoms with Crippen LogP contribution in [0.5, 0.6) is 0 Å². The Morgan fingerprint density at radius 2 is 1.92 bits per heavy atom. The number of nitrogens with one attached hydrogen (secondary N) is 1. The van der Waals surface area contributed by atoms with Crippen molar-refractivity contribution >= 4 is 6.03 Å². The molecule has 4 rings (SSSR count). The lowest BCUT2D eigenvalue weighted by atomic mass is 10.1. The molecule has 2 heterocycles. The number of hydrogen-bond acceptors (Lipinski definition) is 3. The Balaban J connectivity index is 1.27. The Labute approximate surface area is 146 Å². The van der Waals surface area contributed by atoms with Crippen LogP contribution >= 0.6 is 0 Å². The van der Waals surface area contributed by atoms with Crippen molar-refractivity contribution in [3.63, 3.8) is 0 Å². The number of likely N-dealkylation sites (tertiary alicyclic amines) is 1. The van der Waals surface area contributed by atoms with Crippen LogP contribution in [0.3, 0.4) is 0 Å². The van der Waals surface area contributed by atoms with Crippen molar-refractivity contribution in [3.8, 4) is 0 Å². The lowest BCUT2D eigenvalue weighted by molar-refractivity contribution is 0.0697. The van der Waals surface area contributed by atoms with Crippen molar-refractivity contribution in [3.05, 3.63) is 0 Å². The first-order chi connectivity index (χ1) is 11.8. The number of ether oxygens (including phenoxy) is 1. The largest absolute Gasteiger partial charge is 0.376 e. The van der Waals surface area contributed by atoms with Gasteiger partial charge in [-0.25, -0.2) is 4.79 Å². The third kappa shape index (κ3) is 4.05. The molecule has 2 atom stereocenters. The van der Waals surface area contributed by atoms with Crippen molar-refractivity contribution in [2.75, 3.05) is 32.8 Å². The Kier molecular flexibility index (Phi) is 5.28. The Bertz CT molecular complexity index is 428. The van der Waals surface area contributed by atoms with Gasteiger partial charge < -0.3 is 19.9 Å². The van der Waals surface area contributed by atoms with Gasteiger partial charge in [0, 0.05) is 38.3 Å². The molecule has 2 saturated heterocycles. The maximum absolute atomic E-state index is 12.8. The molecule has 2 aliphatic carbocycles. The predicted molar refractivity (Wildman–Crippen MR) is 94.0 cm³/mol. The summed E-state index contributed by atoms with van der Waals surface area (Å²) in [5.74, 6) is 0.641. The highest BCUT2D eigenvalue weighted by atomic mass is 16.5. The Morgan fingerprint density at radius 1 is 1.08 bits per heavy atom. The fourth-order valence-electron chi connectivity index (χ4n) is 4.76. The molecule has 136 valence electrons. The fraction of sp³-hybridized carbons (Fsp3) is 0.947. The monoisotopic (exact) mass is 335 g/mol. The average molecular weight is 335 g/mol. The maximum atomic E-state index is 12.8. The predicted octanol–water partition coefficient (Wildman–Crippen LogP) is 2.60. The van der Waals surface area contributed by atoms with Gasteiger partial charge >= 0.3 is 6.03 Å². The second kappa shape index (κ2) is 7.61. The minimum absolute atomic E-state index is 0.155. The molecule has 1 N–H and O–H groups in total. The van der Waals surface area contributed by atoms with Crippen LogP contribution < -0.4 is 5.32 Å². The van der Waals surface area contributed by atoms with Gasteiger partial charge in [-0.2, -0.15) is 0 Å². The molecule has 2 aliphatic heterocycles. The van der Waals surface area contributed by atoms with Crippen molar-refractivity contribution in [2.24, 2.45) is 5.92 Å². The molecule has 0 aromatic carbocycles. The summed E-state index contributed by atoms with van der Waals surface area (Å²) in [6.45, 7) is 4.91. The van der Waals surface area contributed by atoms with Gasteiger partial charge in [-0.05, 0) is 57.4 Å². The summed E-state index contributed by atoms with van der Waals surface area (Å²) in [5.41, 5.74) is 0. The molecule has 0 bridgehead atoms. The van der Waals surface area contributed by atoms with Crippen molar-refractivity contribution in [2.45, 2.75) is 76.0 Å². The van der Waals surface area contributed by atoms with E-state index in [-0.39, 0.29) is 12.1 Å². The standard InChI is InChI=1S/C19H33N3O2/c23-19(20-12-15-9-10-21(13-15)16-7-8-16)22(17-4-1-2-5-17)14-18-6-3-11-24-18/h15-18H,1-14H2,(H,20,23)/t15-,18+/m1/s1. The number of urea groups is 1. The van der Waals surface area contributed by atoms with Crippen molar-refractivity contribution in [1.82, 2.24) is 15.1 Å². The lowest BCUT2D eigenvalue weighted by Gasteiger charge is -2.31. The van der Waals surface area contributed by atoms with E-state index in [0.717, 1.165) is 38.6 Å². The number of hydrogen-bond donors (Lipinski definition) is 1. The SMILES string of the molecule is O=C(NC[C@H]1CCN(C2CC2)C1)N(C[C@@H]1CCCO1)C1CCCC1. The van der Waals surface area contributed by atoms with Crippen LogP contribution in [0.4, 0.5) is 4.79 Å². The van der Waals surface area contributed by atoms with Gasteiger partial charge in [-0.3, -0.25) is 0 Å². The highest BCUT2D eigenvalue weighted by Gasteiger charge is 2.35. The molecule has 0 unspecified atom stereocenters. The van der Waals surface area contributed by atoms with Gasteiger partial charge in [-0.15, -0.1) is 0 Å². The Hall–Kier alpha value is -0.810. The summed E-state index contributed by atoms with van der Waals surface area (Å²) in [7, 11) is 0. The van der Waals surface area contributed by atoms with E-state index in [4.69, 9.17) is 4.74 Å². The van der Waals surface area contributed by atoms with Gasteiger partial charge in [0.1, 0.15) is 0 Å². The van der Waals surface area contributed by atoms with Crippen LogP contribution in [-0.2, 0) is 4.74 Å². The van der Waals surface area contributed by atoms with Gasteiger partial charge in [0.25, 0.3) is 0 Å². The normalized spacial score (nSPS) is 31.7. The number of carbonyl (C=O) groups is 1. The van der Waals surface area contributed by atoms with E-state index in [2.05, 4.69) is 15.1 Å². The molecule has 2 amide bonds. The second-order valence-electron chi connectivity index (χ2n) is 8.29. The number of nitrogens with zero attached hydrogens (tertiary/aromatic N) is 2. The van der Waals surface area contributed by atoms with Crippen LogP contribution in [0.2, 0.25) is 0 Å². The molecule has 4 fully saturated rings. The summed E-state index contributed by atoms with van der Waals surface area (Å²) in [6, 6.07) is 1.45. The van der Waals surface area contributed by atoms with E-state index in [9.17, 15) is 4.79 Å². The average Bonchev–Trinajstić information content (AvgIpc) is 3.06. The molecular weight excluding hydrogens is 302 g/mol. The first kappa shape index (κ1) is 16.6. The van der Waals surface area contributed by atoms with Gasteiger partial charge in [0.15, 0.2) is 0 Å². The van der Waals surface area contributed by atoms with Gasteiger partial charge in [-0.1, -0.05) is 12.8 Å². The summed E-state index contributed by atoms with van der Waals surface area (Å²) in [4.78, 5) is 17.6. The van der Waals surface area contributed by atoms with Crippen LogP contribution in [0.15, 0.2) is 0 Å². The third-order valence-electron chi connectivity index (χ3n) is 6.37. The number of rotatable bonds is 6. The molecule has 5 nitrogen and oxygen atoms in total. The topological polar surface area (TPSA) is 44.8 Å². The second-order valence-corrected chi connectivity index (χ2v) is 8.29. The van der Waals surface area contributed by atoms with Crippen LogP contribution in [0.1, 0.15) is 57.8 Å². The minimum Gasteiger partial charge on any atom is -0.376 e. The zero-order valence-electron chi connectivity index (χ0n) is 14.9. The first-order valence-corrected chi connectivity index (χ1v) is 10.2. The molecule has 2 saturated carbocycles. The number of carbonyl (C=O) groups excluding carboxylic acids is 1. The van der Waals surface area contributed by atoms with E-state index in [1.54, 1.807) is 0 Å². The number of amides is 2. The van der Waals surface area contributed by atoms with Gasteiger partial charge in [0.2, 0.25) is 0 Å². The summed E-state index contributed by atoms with van der Waals surface area (Å²) < 4.78 is 5.79. The van der Waals surface area contributed by atoms with Crippen LogP contribution in [0, 0.1) is 5.92 Å². The molecular formula is C19H33N3O2. The van der Waals surface area contributed by atoms with E-state index in [1.165, 1.54) is 58.0 Å². The van der Waals surface area contributed by atoms with E-state index in [1.807, 2.05) is 0 Å². The van der Waals surface area contributed by atoms with E-state index >= 15 is 0 Å². The molecule has 0 spiro atoms. The highest BCUT2D eigenvalue weighted by molar-refractivity contribution is 5.74. The van der Waals surface area contributed by atoms with E-state index < -0.39 is 0 Å². The fourth-order valence-corrected chi connectivity index (χ4v) is 4.76. The Morgan fingerprint density at radius 3 is 2.62 bits per heavy atom. The van der Waals surface area contributed by atoms with Gasteiger partial charge in [0.05, 0.1) is 6.10 Å². The zero-order chi connectivity index (χ0) is 16.4. The van der Waals surface area contributed by atoms with Crippen molar-refractivity contribution in [1.29, 1.82) is 0 Å². The molecule has 0 radical (unpaired) electrons. The van der Waals surface area contributed by atoms with Crippen LogP contribution in [0.25, 0.3) is 0 Å². The van der Waals surface area contributed by atoms with Crippen LogP contribution in [-0.4, -0.2) is 66.8 Å². The van der Waals surface area contributed by atoms with Crippen molar-refractivity contribution < 1.29 is 9.53 Å². The summed E-state index contributed by atoms with van der Waals surface area (Å²) >= 11 is 0. The lowest BCUT2D eigenvalue weighted by Crippen LogP contribution is -2.49. The smallest absolute Gasteiger partial charge is 0.317 e. The molecule has 4 aliphatic rings. The summed E-state index contributed by atoms with van der Waals surface area (Å²) in [6.07, 6.45) is 11.4. The highest BCUT2D eigenvalue weighted by Crippen LogP contribution is 2.31.